The summed E-state index contributed by atoms with van der Waals surface area (Å²) in [6.45, 7) is 3.38. The van der Waals surface area contributed by atoms with Crippen LogP contribution in [0.2, 0.25) is 0 Å². The van der Waals surface area contributed by atoms with E-state index in [1.54, 1.807) is 44.2 Å². The Labute approximate surface area is 358 Å². The van der Waals surface area contributed by atoms with Gasteiger partial charge in [0, 0.05) is 22.1 Å². The average molecular weight is 934 g/mol. The number of benzene rings is 6. The number of azo groups is 2. The van der Waals surface area contributed by atoms with Gasteiger partial charge in [0.25, 0.3) is 30.4 Å². The van der Waals surface area contributed by atoms with Crippen LogP contribution >= 0.6 is 0 Å². The Morgan fingerprint density at radius 3 is 1.33 bits per heavy atom. The lowest BCUT2D eigenvalue weighted by Gasteiger charge is -2.11. The van der Waals surface area contributed by atoms with Crippen molar-refractivity contribution in [2.24, 2.45) is 20.5 Å². The quantitative estimate of drug-likeness (QED) is 0.0345. The normalized spacial score (nSPS) is 13.5. The fraction of sp³-hybridized carbons (Fsp3) is 0.0526. The Balaban J connectivity index is 1.10. The molecule has 6 aromatic carbocycles. The maximum absolute atomic E-state index is 12.6. The van der Waals surface area contributed by atoms with Crippen LogP contribution in [-0.4, -0.2) is 73.6 Å². The molecule has 7 N–H and O–H groups in total. The van der Waals surface area contributed by atoms with Gasteiger partial charge in [0.05, 0.1) is 26.1 Å². The second-order valence-corrected chi connectivity index (χ2v) is 19.5. The first-order valence-corrected chi connectivity index (χ1v) is 23.6. The Morgan fingerprint density at radius 1 is 0.508 bits per heavy atom. The van der Waals surface area contributed by atoms with Gasteiger partial charge in [0.15, 0.2) is 0 Å². The van der Waals surface area contributed by atoms with Crippen molar-refractivity contribution in [2.75, 3.05) is 10.6 Å². The molecule has 0 saturated carbocycles. The van der Waals surface area contributed by atoms with Gasteiger partial charge in [0.2, 0.25) is 11.9 Å². The van der Waals surface area contributed by atoms with Crippen molar-refractivity contribution in [3.8, 4) is 6.01 Å². The van der Waals surface area contributed by atoms with Crippen LogP contribution in [0.1, 0.15) is 11.1 Å². The molecule has 1 aromatic heterocycles. The molecular weight excluding hydrogens is 903 g/mol. The zero-order valence-electron chi connectivity index (χ0n) is 32.3. The molecule has 0 saturated heterocycles. The lowest BCUT2D eigenvalue weighted by atomic mass is 10.1. The predicted octanol–water partition coefficient (Wildman–Crippen LogP) is 8.11. The van der Waals surface area contributed by atoms with E-state index in [1.807, 2.05) is 0 Å². The van der Waals surface area contributed by atoms with E-state index < -0.39 is 56.0 Å². The molecule has 0 radical (unpaired) electrons. The number of aromatic hydroxyl groups is 1. The van der Waals surface area contributed by atoms with E-state index in [9.17, 15) is 52.8 Å². The summed E-state index contributed by atoms with van der Waals surface area (Å²) in [5.74, 6) is 3.19. The predicted molar refractivity (Wildman–Crippen MR) is 232 cm³/mol. The summed E-state index contributed by atoms with van der Waals surface area (Å²) in [5, 5.41) is 33.9. The summed E-state index contributed by atoms with van der Waals surface area (Å²) in [4.78, 5) is 10.6. The molecule has 21 nitrogen and oxygen atoms in total. The van der Waals surface area contributed by atoms with E-state index in [0.29, 0.717) is 33.6 Å². The molecule has 1 unspecified atom stereocenters. The van der Waals surface area contributed by atoms with Crippen LogP contribution in [0.15, 0.2) is 137 Å². The summed E-state index contributed by atoms with van der Waals surface area (Å²) in [6.07, 6.45) is 0. The molecule has 1 heterocycles. The SMILES string of the molecule is C=S(=O)(O)c1ccc2cc(S(=O)(=O)O)ccc2c1N=Nc1ccc(Nc2nc(O)nc(Nc3ccc(N=Nc4c(S(=O)(=O)O)ccc5cc(S(=O)(=O)O)ccc45)c(C)c3)n2)cc1C. The van der Waals surface area contributed by atoms with Crippen LogP contribution in [0, 0.1) is 13.8 Å². The number of rotatable bonds is 12. The van der Waals surface area contributed by atoms with Crippen molar-refractivity contribution in [2.45, 2.75) is 33.4 Å². The van der Waals surface area contributed by atoms with E-state index in [1.165, 1.54) is 42.5 Å². The minimum Gasteiger partial charge on any atom is -0.479 e. The van der Waals surface area contributed by atoms with Crippen molar-refractivity contribution in [3.05, 3.63) is 108 Å². The van der Waals surface area contributed by atoms with E-state index in [-0.39, 0.29) is 54.9 Å². The minimum absolute atomic E-state index is 0.0373. The lowest BCUT2D eigenvalue weighted by molar-refractivity contribution is 0.430. The molecule has 63 heavy (non-hydrogen) atoms. The number of fused-ring (bicyclic) bond motifs is 2. The Hall–Kier alpha value is -6.84. The highest BCUT2D eigenvalue weighted by Gasteiger charge is 2.21. The van der Waals surface area contributed by atoms with Gasteiger partial charge in [-0.2, -0.15) is 50.4 Å². The number of nitrogens with zero attached hydrogens (tertiary/aromatic N) is 7. The van der Waals surface area contributed by atoms with Crippen molar-refractivity contribution in [1.82, 2.24) is 15.0 Å². The van der Waals surface area contributed by atoms with Gasteiger partial charge in [-0.15, -0.1) is 10.2 Å². The third-order valence-corrected chi connectivity index (χ3v) is 12.7. The van der Waals surface area contributed by atoms with Crippen LogP contribution < -0.4 is 10.6 Å². The second-order valence-electron chi connectivity index (χ2n) is 13.6. The average Bonchev–Trinajstić information content (AvgIpc) is 3.17. The van der Waals surface area contributed by atoms with Crippen LogP contribution in [0.4, 0.5) is 46.0 Å². The van der Waals surface area contributed by atoms with Gasteiger partial charge in [-0.1, -0.05) is 24.3 Å². The van der Waals surface area contributed by atoms with Crippen LogP contribution in [0.25, 0.3) is 21.5 Å². The highest BCUT2D eigenvalue weighted by Crippen LogP contribution is 2.38. The minimum atomic E-state index is -4.80. The summed E-state index contributed by atoms with van der Waals surface area (Å²) in [5.41, 5.74) is 2.28. The van der Waals surface area contributed by atoms with E-state index in [2.05, 4.69) is 51.9 Å². The zero-order chi connectivity index (χ0) is 45.6. The second kappa shape index (κ2) is 16.5. The summed E-state index contributed by atoms with van der Waals surface area (Å²) in [6, 6.07) is 20.9. The largest absolute Gasteiger partial charge is 0.479 e. The summed E-state index contributed by atoms with van der Waals surface area (Å²) >= 11 is 0. The number of aromatic nitrogens is 3. The highest BCUT2D eigenvalue weighted by molar-refractivity contribution is 7.95. The molecular formula is C38H31N9O12S4. The monoisotopic (exact) mass is 933 g/mol. The molecule has 0 amide bonds. The fourth-order valence-corrected chi connectivity index (χ4v) is 8.57. The van der Waals surface area contributed by atoms with Gasteiger partial charge >= 0.3 is 6.01 Å². The summed E-state index contributed by atoms with van der Waals surface area (Å²) < 4.78 is 123. The Kier molecular flexibility index (Phi) is 11.6. The van der Waals surface area contributed by atoms with Crippen molar-refractivity contribution in [1.29, 1.82) is 0 Å². The fourth-order valence-electron chi connectivity index (χ4n) is 6.17. The smallest absolute Gasteiger partial charge is 0.320 e. The standard InChI is InChI=1S/C38H31N9O12S4/c1-20-16-24(6-12-30(20)44-46-34-28-10-8-26(61(51,52)53)18-22(28)4-14-32(34)60(3,49)50)39-36-41-37(43-38(48)42-36)40-25-7-13-31(21(2)17-25)45-47-35-29-11-9-27(62(54,55)56)19-23(29)5-15-33(35)63(57,58)59/h4-19H,3H2,1-2H3,(H,49,50)(H,51,52,53)(H,54,55,56)(H,57,58,59)(H3,39,40,41,42,43,48). The Bertz CT molecular complexity index is 3340. The molecule has 324 valence electrons. The third-order valence-electron chi connectivity index (χ3n) is 9.11. The maximum atomic E-state index is 12.6. The molecule has 0 spiro atoms. The van der Waals surface area contributed by atoms with Crippen molar-refractivity contribution in [3.63, 3.8) is 0 Å². The summed E-state index contributed by atoms with van der Waals surface area (Å²) in [7, 11) is -17.7. The molecule has 0 aliphatic heterocycles. The first kappa shape index (κ1) is 44.2. The van der Waals surface area contributed by atoms with E-state index >= 15 is 0 Å². The molecule has 0 aliphatic carbocycles. The third kappa shape index (κ3) is 9.95. The van der Waals surface area contributed by atoms with E-state index in [0.717, 1.165) is 24.3 Å². The number of hydrogen-bond donors (Lipinski definition) is 7. The number of anilines is 4. The first-order valence-electron chi connectivity index (χ1n) is 17.6. The van der Waals surface area contributed by atoms with Gasteiger partial charge in [-0.3, -0.25) is 13.7 Å². The van der Waals surface area contributed by atoms with E-state index in [4.69, 9.17) is 0 Å². The van der Waals surface area contributed by atoms with Gasteiger partial charge in [-0.25, -0.2) is 4.21 Å². The van der Waals surface area contributed by atoms with Gasteiger partial charge in [-0.05, 0) is 114 Å². The highest BCUT2D eigenvalue weighted by atomic mass is 32.2. The molecule has 25 heteroatoms. The molecule has 0 fully saturated rings. The van der Waals surface area contributed by atoms with Crippen LogP contribution in [-0.2, 0) is 40.2 Å². The van der Waals surface area contributed by atoms with Gasteiger partial charge < -0.3 is 20.3 Å². The molecule has 7 aromatic rings. The topological polar surface area (TPSA) is 333 Å². The maximum Gasteiger partial charge on any atom is 0.320 e. The number of hydrogen-bond acceptors (Lipinski definition) is 17. The zero-order valence-corrected chi connectivity index (χ0v) is 35.6. The lowest BCUT2D eigenvalue weighted by Crippen LogP contribution is -2.03. The molecule has 1 atom stereocenters. The molecule has 7 rings (SSSR count). The first-order chi connectivity index (χ1) is 29.4. The van der Waals surface area contributed by atoms with Gasteiger partial charge in [0.1, 0.15) is 26.1 Å². The van der Waals surface area contributed by atoms with Crippen molar-refractivity contribution < 1.29 is 52.8 Å². The molecule has 0 aliphatic rings. The van der Waals surface area contributed by atoms with Crippen LogP contribution in [0.5, 0.6) is 6.01 Å². The molecule has 0 bridgehead atoms. The Morgan fingerprint density at radius 2 is 0.937 bits per heavy atom. The van der Waals surface area contributed by atoms with Crippen molar-refractivity contribution >= 4 is 114 Å². The number of nitrogens with one attached hydrogen (secondary N) is 2. The van der Waals surface area contributed by atoms with Crippen LogP contribution in [0.3, 0.4) is 0 Å². The number of aryl methyl sites for hydroxylation is 2.